The van der Waals surface area contributed by atoms with Crippen molar-refractivity contribution in [3.8, 4) is 5.75 Å². The summed E-state index contributed by atoms with van der Waals surface area (Å²) in [6.07, 6.45) is 3.31. The summed E-state index contributed by atoms with van der Waals surface area (Å²) in [7, 11) is 0. The van der Waals surface area contributed by atoms with E-state index in [-0.39, 0.29) is 36.2 Å². The molecule has 0 unspecified atom stereocenters. The lowest BCUT2D eigenvalue weighted by Crippen LogP contribution is -2.61. The zero-order valence-corrected chi connectivity index (χ0v) is 39.0. The highest BCUT2D eigenvalue weighted by molar-refractivity contribution is 5.93. The molecule has 3 N–H and O–H groups in total. The zero-order valence-electron chi connectivity index (χ0n) is 39.0. The van der Waals surface area contributed by atoms with Crippen LogP contribution in [0.3, 0.4) is 0 Å². The molecular formula is C48H74N4O11. The van der Waals surface area contributed by atoms with Crippen molar-refractivity contribution in [2.75, 3.05) is 79.2 Å². The molecule has 4 rings (SSSR count). The van der Waals surface area contributed by atoms with E-state index >= 15 is 0 Å². The average Bonchev–Trinajstić information content (AvgIpc) is 3.24. The molecule has 1 heterocycles. The molecule has 0 spiro atoms. The molecule has 2 aromatic rings. The number of nitrogens with one attached hydrogen (secondary N) is 3. The number of hydrogen-bond acceptors (Lipinski definition) is 11. The lowest BCUT2D eigenvalue weighted by molar-refractivity contribution is -0.147. The maximum atomic E-state index is 14.6. The Labute approximate surface area is 374 Å². The first-order valence-electron chi connectivity index (χ1n) is 22.7. The highest BCUT2D eigenvalue weighted by Crippen LogP contribution is 2.33. The third kappa shape index (κ3) is 17.7. The number of amides is 4. The van der Waals surface area contributed by atoms with Gasteiger partial charge in [-0.2, -0.15) is 0 Å². The highest BCUT2D eigenvalue weighted by atomic mass is 16.6. The Kier molecular flexibility index (Phi) is 21.1. The van der Waals surface area contributed by atoms with Gasteiger partial charge in [-0.3, -0.25) is 14.4 Å². The van der Waals surface area contributed by atoms with Gasteiger partial charge in [0.1, 0.15) is 30.0 Å². The van der Waals surface area contributed by atoms with E-state index in [2.05, 4.69) is 28.1 Å². The van der Waals surface area contributed by atoms with Crippen molar-refractivity contribution in [3.05, 3.63) is 64.7 Å². The normalized spacial score (nSPS) is 17.2. The number of alkyl carbamates (subject to hydrolysis) is 1. The molecule has 0 saturated heterocycles. The molecule has 0 radical (unpaired) electrons. The molecule has 0 fully saturated rings. The van der Waals surface area contributed by atoms with Crippen LogP contribution in [0.1, 0.15) is 103 Å². The summed E-state index contributed by atoms with van der Waals surface area (Å²) < 4.78 is 39.0. The molecule has 63 heavy (non-hydrogen) atoms. The van der Waals surface area contributed by atoms with Gasteiger partial charge in [0.2, 0.25) is 17.7 Å². The fourth-order valence-corrected chi connectivity index (χ4v) is 7.31. The van der Waals surface area contributed by atoms with Gasteiger partial charge in [-0.1, -0.05) is 65.0 Å². The van der Waals surface area contributed by atoms with Gasteiger partial charge < -0.3 is 54.0 Å². The minimum Gasteiger partial charge on any atom is -0.491 e. The monoisotopic (exact) mass is 883 g/mol. The Hall–Kier alpha value is -4.28. The summed E-state index contributed by atoms with van der Waals surface area (Å²) >= 11 is 0. The van der Waals surface area contributed by atoms with Crippen molar-refractivity contribution in [3.63, 3.8) is 0 Å². The molecule has 15 nitrogen and oxygen atoms in total. The van der Waals surface area contributed by atoms with E-state index in [0.717, 1.165) is 36.0 Å². The first kappa shape index (κ1) is 51.4. The molecule has 4 atom stereocenters. The molecule has 1 aliphatic heterocycles. The summed E-state index contributed by atoms with van der Waals surface area (Å²) in [5.41, 5.74) is 3.11. The van der Waals surface area contributed by atoms with Crippen LogP contribution in [-0.4, -0.2) is 126 Å². The van der Waals surface area contributed by atoms with E-state index in [1.165, 1.54) is 5.56 Å². The summed E-state index contributed by atoms with van der Waals surface area (Å²) in [5.74, 6) is -0.267. The van der Waals surface area contributed by atoms with Gasteiger partial charge in [0, 0.05) is 25.4 Å². The second kappa shape index (κ2) is 25.9. The molecule has 4 amide bonds. The molecule has 2 aliphatic rings. The second-order valence-corrected chi connectivity index (χ2v) is 18.2. The molecular weight excluding hydrogens is 809 g/mol. The number of nitrogens with zero attached hydrogens (tertiary/aromatic N) is 1. The smallest absolute Gasteiger partial charge is 0.407 e. The Balaban J connectivity index is 1.18. The van der Waals surface area contributed by atoms with Crippen molar-refractivity contribution in [1.29, 1.82) is 0 Å². The molecule has 1 aliphatic carbocycles. The van der Waals surface area contributed by atoms with E-state index in [9.17, 15) is 19.2 Å². The van der Waals surface area contributed by atoms with Crippen LogP contribution < -0.4 is 20.7 Å². The number of carbonyl (C=O) groups is 4. The van der Waals surface area contributed by atoms with Crippen LogP contribution in [0.5, 0.6) is 5.75 Å². The van der Waals surface area contributed by atoms with E-state index in [1.54, 1.807) is 4.90 Å². The predicted molar refractivity (Wildman–Crippen MR) is 239 cm³/mol. The van der Waals surface area contributed by atoms with Crippen molar-refractivity contribution in [2.24, 2.45) is 11.3 Å². The summed E-state index contributed by atoms with van der Waals surface area (Å²) in [4.78, 5) is 55.3. The van der Waals surface area contributed by atoms with Crippen LogP contribution in [0.15, 0.2) is 42.5 Å². The van der Waals surface area contributed by atoms with Crippen LogP contribution in [0.2, 0.25) is 0 Å². The fraction of sp³-hybridized carbons (Fsp3) is 0.667. The van der Waals surface area contributed by atoms with Crippen LogP contribution in [0, 0.1) is 11.3 Å². The van der Waals surface area contributed by atoms with Gasteiger partial charge in [-0.25, -0.2) is 4.79 Å². The summed E-state index contributed by atoms with van der Waals surface area (Å²) in [6.45, 7) is 20.1. The molecule has 0 saturated carbocycles. The standard InChI is InChI=1S/C48H74N4O11/c1-9-34(2)43(53)51-42(47(3,4)5)45(55)52-33-37-31-38(18-17-36(37)32-41(52)44(54)50-40-16-12-14-35-13-10-11-15-39(35)40)62-30-29-61-28-27-60-26-25-59-24-23-58-22-21-57-20-19-49-46(56)63-48(6,7)8/h10-11,13,15,17-18,31,34,40-42H,9,12,14,16,19-30,32-33H2,1-8H3,(H,49,56)(H,50,54)(H,51,53)/t34-,40-,41+,42-/m1/s1. The van der Waals surface area contributed by atoms with Crippen molar-refractivity contribution >= 4 is 23.8 Å². The zero-order chi connectivity index (χ0) is 45.8. The van der Waals surface area contributed by atoms with Gasteiger partial charge in [0.05, 0.1) is 72.1 Å². The third-order valence-corrected chi connectivity index (χ3v) is 10.9. The summed E-state index contributed by atoms with van der Waals surface area (Å²) in [5, 5.41) is 8.98. The maximum absolute atomic E-state index is 14.6. The van der Waals surface area contributed by atoms with E-state index in [4.69, 9.17) is 33.2 Å². The van der Waals surface area contributed by atoms with Crippen LogP contribution in [0.25, 0.3) is 0 Å². The fourth-order valence-electron chi connectivity index (χ4n) is 7.31. The minimum atomic E-state index is -0.828. The van der Waals surface area contributed by atoms with E-state index in [1.807, 2.05) is 85.7 Å². The SMILES string of the molecule is CC[C@@H](C)C(=O)N[C@H](C(=O)N1Cc2cc(OCCOCCOCCOCCOCCOCCNC(=O)OC(C)(C)C)ccc2C[C@H]1C(=O)N[C@@H]1CCCc2ccccc21)C(C)(C)C. The Morgan fingerprint density at radius 2 is 1.37 bits per heavy atom. The number of ether oxygens (including phenoxy) is 7. The predicted octanol–water partition coefficient (Wildman–Crippen LogP) is 5.70. The summed E-state index contributed by atoms with van der Waals surface area (Å²) in [6, 6.07) is 12.3. The second-order valence-electron chi connectivity index (χ2n) is 18.2. The quantitative estimate of drug-likeness (QED) is 0.105. The van der Waals surface area contributed by atoms with Crippen molar-refractivity contribution in [2.45, 2.75) is 118 Å². The largest absolute Gasteiger partial charge is 0.491 e. The van der Waals surface area contributed by atoms with Gasteiger partial charge in [-0.05, 0) is 86.3 Å². The average molecular weight is 883 g/mol. The van der Waals surface area contributed by atoms with Gasteiger partial charge in [0.25, 0.3) is 0 Å². The van der Waals surface area contributed by atoms with Crippen LogP contribution in [0.4, 0.5) is 4.79 Å². The van der Waals surface area contributed by atoms with E-state index in [0.29, 0.717) is 97.8 Å². The topological polar surface area (TPSA) is 172 Å². The lowest BCUT2D eigenvalue weighted by Gasteiger charge is -2.42. The first-order valence-corrected chi connectivity index (χ1v) is 22.7. The highest BCUT2D eigenvalue weighted by Gasteiger charge is 2.43. The molecule has 352 valence electrons. The van der Waals surface area contributed by atoms with Gasteiger partial charge in [0.15, 0.2) is 0 Å². The van der Waals surface area contributed by atoms with Gasteiger partial charge in [-0.15, -0.1) is 0 Å². The maximum Gasteiger partial charge on any atom is 0.407 e. The number of fused-ring (bicyclic) bond motifs is 2. The van der Waals surface area contributed by atoms with Crippen LogP contribution >= 0.6 is 0 Å². The van der Waals surface area contributed by atoms with Gasteiger partial charge >= 0.3 is 6.09 Å². The van der Waals surface area contributed by atoms with Crippen LogP contribution in [-0.2, 0) is 62.2 Å². The van der Waals surface area contributed by atoms with Crippen molar-refractivity contribution in [1.82, 2.24) is 20.9 Å². The Morgan fingerprint density at radius 3 is 1.97 bits per heavy atom. The van der Waals surface area contributed by atoms with Crippen molar-refractivity contribution < 1.29 is 52.3 Å². The Bertz CT molecular complexity index is 1740. The number of aryl methyl sites for hydroxylation is 1. The number of hydrogen-bond donors (Lipinski definition) is 3. The molecule has 0 bridgehead atoms. The third-order valence-electron chi connectivity index (χ3n) is 10.9. The van der Waals surface area contributed by atoms with E-state index < -0.39 is 29.2 Å². The minimum absolute atomic E-state index is 0.132. The molecule has 2 aromatic carbocycles. The molecule has 15 heteroatoms. The number of carbonyl (C=O) groups excluding carboxylic acids is 4. The first-order chi connectivity index (χ1) is 30.1. The number of rotatable bonds is 25. The molecule has 0 aromatic heterocycles. The number of benzene rings is 2. The Morgan fingerprint density at radius 1 is 0.762 bits per heavy atom. The lowest BCUT2D eigenvalue weighted by atomic mass is 9.83.